The van der Waals surface area contributed by atoms with Crippen LogP contribution in [0.5, 0.6) is 17.2 Å². The number of esters is 1. The fourth-order valence-electron chi connectivity index (χ4n) is 2.46. The Hall–Kier alpha value is -4.20. The largest absolute Gasteiger partial charge is 0.497 e. The van der Waals surface area contributed by atoms with E-state index in [1.54, 1.807) is 67.9 Å². The van der Waals surface area contributed by atoms with Crippen molar-refractivity contribution in [3.05, 3.63) is 83.7 Å². The first-order valence-corrected chi connectivity index (χ1v) is 8.88. The van der Waals surface area contributed by atoms with E-state index in [1.165, 1.54) is 19.5 Å². The van der Waals surface area contributed by atoms with E-state index < -0.39 is 5.97 Å². The summed E-state index contributed by atoms with van der Waals surface area (Å²) in [5, 5.41) is 3.92. The first-order chi connectivity index (χ1) is 14.6. The lowest BCUT2D eigenvalue weighted by molar-refractivity contribution is 0.0729. The molecule has 0 saturated carbocycles. The molecule has 0 aliphatic heterocycles. The second-order valence-corrected chi connectivity index (χ2v) is 5.97. The van der Waals surface area contributed by atoms with Crippen molar-refractivity contribution in [3.8, 4) is 17.2 Å². The summed E-state index contributed by atoms with van der Waals surface area (Å²) in [5.41, 5.74) is 3.83. The Morgan fingerprint density at radius 1 is 0.967 bits per heavy atom. The fraction of sp³-hybridized carbons (Fsp3) is 0.0909. The van der Waals surface area contributed by atoms with Crippen LogP contribution in [0.3, 0.4) is 0 Å². The molecular formula is C22H19N3O5. The molecule has 0 aliphatic rings. The molecule has 0 atom stereocenters. The minimum Gasteiger partial charge on any atom is -0.497 e. The number of hydrazone groups is 1. The van der Waals surface area contributed by atoms with Crippen LogP contribution in [0, 0.1) is 0 Å². The number of hydrogen-bond donors (Lipinski definition) is 1. The van der Waals surface area contributed by atoms with Gasteiger partial charge in [-0.1, -0.05) is 0 Å². The molecule has 3 rings (SSSR count). The molecule has 0 fully saturated rings. The monoisotopic (exact) mass is 405 g/mol. The Bertz CT molecular complexity index is 1050. The number of amides is 1. The highest BCUT2D eigenvalue weighted by Crippen LogP contribution is 2.28. The predicted molar refractivity (Wildman–Crippen MR) is 110 cm³/mol. The standard InChI is InChI=1S/C22H19N3O5/c1-28-18-8-6-16(7-9-18)22(27)30-19-10-5-15(12-20(19)29-2)13-24-25-21(26)17-4-3-11-23-14-17/h3-14H,1-2H3,(H,25,26). The van der Waals surface area contributed by atoms with Crippen LogP contribution < -0.4 is 19.6 Å². The van der Waals surface area contributed by atoms with Crippen molar-refractivity contribution in [1.29, 1.82) is 0 Å². The zero-order valence-corrected chi connectivity index (χ0v) is 16.4. The number of nitrogens with one attached hydrogen (secondary N) is 1. The number of carbonyl (C=O) groups excluding carboxylic acids is 2. The number of rotatable bonds is 7. The molecule has 8 heteroatoms. The number of methoxy groups -OCH3 is 2. The van der Waals surface area contributed by atoms with Gasteiger partial charge in [-0.3, -0.25) is 9.78 Å². The SMILES string of the molecule is COc1ccc(C(=O)Oc2ccc(C=NNC(=O)c3cccnc3)cc2OC)cc1. The molecule has 8 nitrogen and oxygen atoms in total. The summed E-state index contributed by atoms with van der Waals surface area (Å²) < 4.78 is 15.8. The highest BCUT2D eigenvalue weighted by molar-refractivity contribution is 5.94. The van der Waals surface area contributed by atoms with Crippen molar-refractivity contribution in [2.75, 3.05) is 14.2 Å². The van der Waals surface area contributed by atoms with Gasteiger partial charge in [-0.25, -0.2) is 10.2 Å². The molecule has 0 aliphatic carbocycles. The fourth-order valence-corrected chi connectivity index (χ4v) is 2.46. The lowest BCUT2D eigenvalue weighted by Gasteiger charge is -2.10. The van der Waals surface area contributed by atoms with Crippen LogP contribution in [0.15, 0.2) is 72.1 Å². The van der Waals surface area contributed by atoms with E-state index in [9.17, 15) is 9.59 Å². The molecule has 0 spiro atoms. The second kappa shape index (κ2) is 9.83. The van der Waals surface area contributed by atoms with Gasteiger partial charge in [0.05, 0.1) is 31.6 Å². The van der Waals surface area contributed by atoms with Crippen LogP contribution in [0.25, 0.3) is 0 Å². The van der Waals surface area contributed by atoms with Gasteiger partial charge in [-0.2, -0.15) is 5.10 Å². The molecule has 30 heavy (non-hydrogen) atoms. The molecule has 1 N–H and O–H groups in total. The van der Waals surface area contributed by atoms with E-state index in [2.05, 4.69) is 15.5 Å². The van der Waals surface area contributed by atoms with Crippen molar-refractivity contribution < 1.29 is 23.8 Å². The Morgan fingerprint density at radius 2 is 1.77 bits per heavy atom. The van der Waals surface area contributed by atoms with E-state index in [4.69, 9.17) is 14.2 Å². The van der Waals surface area contributed by atoms with Crippen molar-refractivity contribution in [1.82, 2.24) is 10.4 Å². The average Bonchev–Trinajstić information content (AvgIpc) is 2.80. The Morgan fingerprint density at radius 3 is 2.43 bits per heavy atom. The van der Waals surface area contributed by atoms with Crippen LogP contribution in [-0.2, 0) is 0 Å². The lowest BCUT2D eigenvalue weighted by Crippen LogP contribution is -2.17. The molecule has 2 aromatic carbocycles. The molecule has 1 amide bonds. The van der Waals surface area contributed by atoms with Gasteiger partial charge in [-0.05, 0) is 60.2 Å². The number of ether oxygens (including phenoxy) is 3. The third kappa shape index (κ3) is 5.20. The molecule has 1 heterocycles. The van der Waals surface area contributed by atoms with Crippen LogP contribution in [0.4, 0.5) is 0 Å². The summed E-state index contributed by atoms with van der Waals surface area (Å²) in [6, 6.07) is 14.8. The van der Waals surface area contributed by atoms with E-state index in [1.807, 2.05) is 0 Å². The third-order valence-electron chi connectivity index (χ3n) is 4.02. The molecule has 0 radical (unpaired) electrons. The zero-order chi connectivity index (χ0) is 21.3. The van der Waals surface area contributed by atoms with Crippen molar-refractivity contribution in [3.63, 3.8) is 0 Å². The van der Waals surface area contributed by atoms with Crippen LogP contribution >= 0.6 is 0 Å². The van der Waals surface area contributed by atoms with Crippen LogP contribution in [0.2, 0.25) is 0 Å². The number of aromatic nitrogens is 1. The van der Waals surface area contributed by atoms with E-state index >= 15 is 0 Å². The minimum absolute atomic E-state index is 0.259. The second-order valence-electron chi connectivity index (χ2n) is 5.97. The summed E-state index contributed by atoms with van der Waals surface area (Å²) in [6.45, 7) is 0. The molecule has 152 valence electrons. The molecule has 0 bridgehead atoms. The molecule has 0 saturated heterocycles. The van der Waals surface area contributed by atoms with Gasteiger partial charge in [-0.15, -0.1) is 0 Å². The Kier molecular flexibility index (Phi) is 6.73. The van der Waals surface area contributed by atoms with Gasteiger partial charge in [0.25, 0.3) is 5.91 Å². The van der Waals surface area contributed by atoms with Crippen molar-refractivity contribution >= 4 is 18.1 Å². The number of nitrogens with zero attached hydrogens (tertiary/aromatic N) is 2. The van der Waals surface area contributed by atoms with E-state index in [0.29, 0.717) is 28.2 Å². The molecule has 3 aromatic rings. The summed E-state index contributed by atoms with van der Waals surface area (Å²) in [5.74, 6) is 0.343. The number of pyridine rings is 1. The normalized spacial score (nSPS) is 10.5. The summed E-state index contributed by atoms with van der Waals surface area (Å²) in [6.07, 6.45) is 4.47. The maximum Gasteiger partial charge on any atom is 0.343 e. The highest BCUT2D eigenvalue weighted by Gasteiger charge is 2.13. The molecular weight excluding hydrogens is 386 g/mol. The van der Waals surface area contributed by atoms with Gasteiger partial charge in [0, 0.05) is 12.4 Å². The first kappa shape index (κ1) is 20.5. The quantitative estimate of drug-likeness (QED) is 0.281. The van der Waals surface area contributed by atoms with Gasteiger partial charge in [0.2, 0.25) is 0 Å². The predicted octanol–water partition coefficient (Wildman–Crippen LogP) is 3.08. The maximum absolute atomic E-state index is 12.4. The van der Waals surface area contributed by atoms with Gasteiger partial charge >= 0.3 is 5.97 Å². The summed E-state index contributed by atoms with van der Waals surface area (Å²) in [7, 11) is 3.01. The van der Waals surface area contributed by atoms with Crippen molar-refractivity contribution in [2.24, 2.45) is 5.10 Å². The van der Waals surface area contributed by atoms with Crippen LogP contribution in [-0.4, -0.2) is 37.3 Å². The van der Waals surface area contributed by atoms with Gasteiger partial charge in [0.15, 0.2) is 11.5 Å². The maximum atomic E-state index is 12.4. The molecule has 0 unspecified atom stereocenters. The third-order valence-corrected chi connectivity index (χ3v) is 4.02. The van der Waals surface area contributed by atoms with Crippen LogP contribution in [0.1, 0.15) is 26.3 Å². The Balaban J connectivity index is 1.66. The van der Waals surface area contributed by atoms with Crippen molar-refractivity contribution in [2.45, 2.75) is 0 Å². The first-order valence-electron chi connectivity index (χ1n) is 8.88. The summed E-state index contributed by atoms with van der Waals surface area (Å²) >= 11 is 0. The highest BCUT2D eigenvalue weighted by atomic mass is 16.6. The topological polar surface area (TPSA) is 99.1 Å². The Labute approximate surface area is 173 Å². The minimum atomic E-state index is -0.527. The van der Waals surface area contributed by atoms with Gasteiger partial charge < -0.3 is 14.2 Å². The number of carbonyl (C=O) groups is 2. The smallest absolute Gasteiger partial charge is 0.343 e. The zero-order valence-electron chi connectivity index (χ0n) is 16.4. The lowest BCUT2D eigenvalue weighted by atomic mass is 10.2. The molecule has 1 aromatic heterocycles. The van der Waals surface area contributed by atoms with E-state index in [0.717, 1.165) is 0 Å². The number of hydrogen-bond acceptors (Lipinski definition) is 7. The van der Waals surface area contributed by atoms with E-state index in [-0.39, 0.29) is 11.7 Å². The summed E-state index contributed by atoms with van der Waals surface area (Å²) in [4.78, 5) is 28.2. The average molecular weight is 405 g/mol. The number of benzene rings is 2. The van der Waals surface area contributed by atoms with Gasteiger partial charge in [0.1, 0.15) is 5.75 Å².